The highest BCUT2D eigenvalue weighted by Gasteiger charge is 2.62. The zero-order chi connectivity index (χ0) is 34.0. The number of carbonyl (C=O) groups excluding carboxylic acids is 1. The number of ketones is 1. The first-order valence-corrected chi connectivity index (χ1v) is 18.5. The van der Waals surface area contributed by atoms with E-state index in [2.05, 4.69) is 12.1 Å². The molecule has 8 nitrogen and oxygen atoms in total. The van der Waals surface area contributed by atoms with Crippen LogP contribution in [-0.4, -0.2) is 37.1 Å². The zero-order valence-corrected chi connectivity index (χ0v) is 28.6. The molecule has 3 aromatic rings. The number of thioether (sulfide) groups is 1. The molecular formula is C38H37NO7S2. The smallest absolute Gasteiger partial charge is 0.223 e. The number of ether oxygens (including phenoxy) is 1. The van der Waals surface area contributed by atoms with Gasteiger partial charge in [-0.15, -0.1) is 4.91 Å². The predicted molar refractivity (Wildman–Crippen MR) is 186 cm³/mol. The van der Waals surface area contributed by atoms with E-state index in [1.807, 2.05) is 19.1 Å². The summed E-state index contributed by atoms with van der Waals surface area (Å²) in [5.74, 6) is -2.37. The summed E-state index contributed by atoms with van der Waals surface area (Å²) in [6.45, 7) is 4.12. The quantitative estimate of drug-likeness (QED) is 0.153. The van der Waals surface area contributed by atoms with E-state index in [0.717, 1.165) is 30.6 Å². The Balaban J connectivity index is 1.35. The van der Waals surface area contributed by atoms with Crippen LogP contribution in [0.15, 0.2) is 104 Å². The number of sulfone groups is 1. The van der Waals surface area contributed by atoms with Crippen LogP contribution >= 0.6 is 11.8 Å². The van der Waals surface area contributed by atoms with Crippen molar-refractivity contribution < 1.29 is 28.2 Å². The highest BCUT2D eigenvalue weighted by Crippen LogP contribution is 2.57. The molecule has 6 unspecified atom stereocenters. The average molecular weight is 684 g/mol. The Morgan fingerprint density at radius 3 is 2.44 bits per heavy atom. The van der Waals surface area contributed by atoms with E-state index >= 15 is 0 Å². The van der Waals surface area contributed by atoms with Crippen LogP contribution in [0.1, 0.15) is 66.6 Å². The van der Waals surface area contributed by atoms with Crippen molar-refractivity contribution in [2.45, 2.75) is 60.7 Å². The van der Waals surface area contributed by atoms with Gasteiger partial charge in [-0.25, -0.2) is 8.42 Å². The first-order chi connectivity index (χ1) is 22.9. The van der Waals surface area contributed by atoms with Gasteiger partial charge in [0.05, 0.1) is 4.90 Å². The molecule has 248 valence electrons. The highest BCUT2D eigenvalue weighted by molar-refractivity contribution is 8.03. The third kappa shape index (κ3) is 4.99. The van der Waals surface area contributed by atoms with Gasteiger partial charge < -0.3 is 14.9 Å². The van der Waals surface area contributed by atoms with Crippen molar-refractivity contribution in [1.29, 1.82) is 0 Å². The van der Waals surface area contributed by atoms with Crippen LogP contribution < -0.4 is 0 Å². The number of methoxy groups -OCH3 is 1. The van der Waals surface area contributed by atoms with E-state index < -0.39 is 27.0 Å². The van der Waals surface area contributed by atoms with Crippen LogP contribution in [-0.2, 0) is 20.4 Å². The maximum atomic E-state index is 13.7. The first-order valence-electron chi connectivity index (χ1n) is 16.2. The molecule has 2 aliphatic carbocycles. The second-order valence-corrected chi connectivity index (χ2v) is 16.6. The van der Waals surface area contributed by atoms with Crippen molar-refractivity contribution >= 4 is 44.7 Å². The minimum Gasteiger partial charge on any atom is -0.383 e. The van der Waals surface area contributed by atoms with Gasteiger partial charge in [-0.2, -0.15) is 0 Å². The number of hydrogen-bond acceptors (Lipinski definition) is 9. The summed E-state index contributed by atoms with van der Waals surface area (Å²) in [6, 6.07) is 18.2. The van der Waals surface area contributed by atoms with Crippen molar-refractivity contribution in [3.8, 4) is 0 Å². The van der Waals surface area contributed by atoms with Crippen LogP contribution in [0.25, 0.3) is 11.6 Å². The lowest BCUT2D eigenvalue weighted by atomic mass is 9.54. The zero-order valence-electron chi connectivity index (χ0n) is 26.9. The number of rotatable bonds is 6. The fourth-order valence-corrected chi connectivity index (χ4v) is 11.4. The second-order valence-electron chi connectivity index (χ2n) is 13.6. The number of fused-ring (bicyclic) bond motifs is 4. The molecule has 4 aliphatic rings. The van der Waals surface area contributed by atoms with Crippen molar-refractivity contribution in [3.05, 3.63) is 116 Å². The summed E-state index contributed by atoms with van der Waals surface area (Å²) in [6.07, 6.45) is 8.57. The van der Waals surface area contributed by atoms with Gasteiger partial charge in [0.25, 0.3) is 0 Å². The van der Waals surface area contributed by atoms with Crippen LogP contribution in [0.3, 0.4) is 0 Å². The van der Waals surface area contributed by atoms with E-state index in [9.17, 15) is 28.3 Å². The van der Waals surface area contributed by atoms with Crippen molar-refractivity contribution in [1.82, 2.24) is 0 Å². The summed E-state index contributed by atoms with van der Waals surface area (Å²) in [7, 11) is -2.70. The maximum Gasteiger partial charge on any atom is 0.223 e. The van der Waals surface area contributed by atoms with Gasteiger partial charge in [0.2, 0.25) is 21.4 Å². The molecule has 10 heteroatoms. The number of allylic oxidation sites excluding steroid dienone is 4. The summed E-state index contributed by atoms with van der Waals surface area (Å²) in [5, 5.41) is 28.1. The fourth-order valence-electron chi connectivity index (χ4n) is 8.63. The number of carbonyl (C=O) groups is 1. The maximum absolute atomic E-state index is 13.7. The number of benzene rings is 3. The second kappa shape index (κ2) is 12.0. The Labute approximate surface area is 284 Å². The topological polar surface area (TPSA) is 130 Å². The van der Waals surface area contributed by atoms with Gasteiger partial charge in [-0.05, 0) is 108 Å². The molecule has 6 atom stereocenters. The molecule has 0 amide bonds. The molecule has 7 rings (SSSR count). The predicted octanol–water partition coefficient (Wildman–Crippen LogP) is 7.78. The van der Waals surface area contributed by atoms with Crippen LogP contribution in [0.2, 0.25) is 0 Å². The van der Waals surface area contributed by atoms with E-state index in [1.165, 1.54) is 43.1 Å². The number of nitroso groups, excluding NO2 is 1. The Morgan fingerprint density at radius 1 is 0.979 bits per heavy atom. The SMILES string of the molecule is COC(O)(c1cc(N=O)ccc1/C=C/C1=CC(=C2/C(=O)c3ccccc3S2(=O)=O)/c2ccccc2S1)C1(O)C(C)CC2CC(C)CC1C2. The summed E-state index contributed by atoms with van der Waals surface area (Å²) < 4.78 is 33.3. The Morgan fingerprint density at radius 2 is 1.71 bits per heavy atom. The van der Waals surface area contributed by atoms with Crippen molar-refractivity contribution in [3.63, 3.8) is 0 Å². The minimum atomic E-state index is -4.07. The van der Waals surface area contributed by atoms with Gasteiger partial charge in [0.15, 0.2) is 0 Å². The molecule has 2 bridgehead atoms. The lowest BCUT2D eigenvalue weighted by Crippen LogP contribution is -2.65. The lowest BCUT2D eigenvalue weighted by molar-refractivity contribution is -0.344. The fraction of sp³-hybridized carbons (Fsp3) is 0.342. The molecule has 0 aromatic heterocycles. The Hall–Kier alpha value is -3.67. The number of Topliss-reactive ketones (excluding diaryl/α,β-unsaturated/α-hetero) is 1. The standard InChI is InChI=1S/C38H37NO7S2/c1-22-16-24-18-23(2)37(41,26(17-22)19-24)38(42,46-3)32-20-27(39-43)14-12-25(32)13-15-28-21-31(29-8-4-6-10-33(29)47-28)36-35(40)30-9-5-7-11-34(30)48(36,44)45/h4-15,20-24,26,41-42H,16-19H2,1-3H3/b15-13+,36-31+. The molecule has 2 heterocycles. The van der Waals surface area contributed by atoms with E-state index in [4.69, 9.17) is 4.74 Å². The molecule has 2 N–H and O–H groups in total. The summed E-state index contributed by atoms with van der Waals surface area (Å²) in [5.41, 5.74) is 0.255. The monoisotopic (exact) mass is 683 g/mol. The number of aliphatic hydroxyl groups is 2. The van der Waals surface area contributed by atoms with Gasteiger partial charge in [-0.1, -0.05) is 68.1 Å². The molecule has 2 fully saturated rings. The van der Waals surface area contributed by atoms with Crippen molar-refractivity contribution in [2.75, 3.05) is 7.11 Å². The third-order valence-electron chi connectivity index (χ3n) is 10.7. The molecule has 3 aromatic carbocycles. The van der Waals surface area contributed by atoms with E-state index in [1.54, 1.807) is 48.6 Å². The van der Waals surface area contributed by atoms with Crippen LogP contribution in [0.4, 0.5) is 5.69 Å². The summed E-state index contributed by atoms with van der Waals surface area (Å²) in [4.78, 5) is 26.5. The van der Waals surface area contributed by atoms with Gasteiger partial charge in [-0.3, -0.25) is 4.79 Å². The Bertz CT molecular complexity index is 2050. The van der Waals surface area contributed by atoms with Gasteiger partial charge in [0.1, 0.15) is 16.2 Å². The van der Waals surface area contributed by atoms with Gasteiger partial charge >= 0.3 is 0 Å². The number of hydrogen-bond donors (Lipinski definition) is 2. The van der Waals surface area contributed by atoms with Crippen molar-refractivity contribution in [2.24, 2.45) is 28.8 Å². The number of nitrogens with zero attached hydrogens (tertiary/aromatic N) is 1. The molecule has 0 saturated heterocycles. The molecule has 48 heavy (non-hydrogen) atoms. The van der Waals surface area contributed by atoms with Crippen LogP contribution in [0.5, 0.6) is 0 Å². The van der Waals surface area contributed by atoms with E-state index in [-0.39, 0.29) is 38.5 Å². The largest absolute Gasteiger partial charge is 0.383 e. The lowest BCUT2D eigenvalue weighted by Gasteiger charge is -2.57. The van der Waals surface area contributed by atoms with Gasteiger partial charge in [0, 0.05) is 33.6 Å². The average Bonchev–Trinajstić information content (AvgIpc) is 3.29. The molecular weight excluding hydrogens is 647 g/mol. The van der Waals surface area contributed by atoms with E-state index in [0.29, 0.717) is 33.4 Å². The molecule has 0 spiro atoms. The molecule has 2 aliphatic heterocycles. The summed E-state index contributed by atoms with van der Waals surface area (Å²) >= 11 is 1.41. The minimum absolute atomic E-state index is 0.000348. The van der Waals surface area contributed by atoms with Crippen LogP contribution in [0, 0.1) is 28.6 Å². The normalized spacial score (nSPS) is 30.4. The molecule has 0 radical (unpaired) electrons. The highest BCUT2D eigenvalue weighted by atomic mass is 32.2. The Kier molecular flexibility index (Phi) is 8.24. The molecule has 2 saturated carbocycles. The first kappa shape index (κ1) is 32.9. The third-order valence-corrected chi connectivity index (χ3v) is 13.6.